The third kappa shape index (κ3) is 7.60. The number of nitrogens with zero attached hydrogens (tertiary/aromatic N) is 2. The van der Waals surface area contributed by atoms with Crippen LogP contribution in [0.3, 0.4) is 0 Å². The van der Waals surface area contributed by atoms with Gasteiger partial charge in [-0.25, -0.2) is 9.59 Å². The van der Waals surface area contributed by atoms with Crippen molar-refractivity contribution in [1.82, 2.24) is 25.3 Å². The Hall–Kier alpha value is -5.79. The molecule has 1 aliphatic rings. The van der Waals surface area contributed by atoms with Crippen molar-refractivity contribution in [2.24, 2.45) is 0 Å². The highest BCUT2D eigenvalue weighted by Gasteiger charge is 2.33. The number of rotatable bonds is 12. The molecule has 1 aliphatic heterocycles. The number of carbonyl (C=O) groups is 5. The van der Waals surface area contributed by atoms with Crippen LogP contribution in [-0.4, -0.2) is 55.7 Å². The van der Waals surface area contributed by atoms with Crippen LogP contribution in [0.5, 0.6) is 0 Å². The van der Waals surface area contributed by atoms with Crippen LogP contribution in [0.2, 0.25) is 0 Å². The van der Waals surface area contributed by atoms with Crippen molar-refractivity contribution in [2.45, 2.75) is 51.2 Å². The van der Waals surface area contributed by atoms with Gasteiger partial charge in [-0.2, -0.15) is 4.98 Å². The molecular weight excluding hydrogens is 584 g/mol. The second-order valence-corrected chi connectivity index (χ2v) is 10.4. The molecule has 232 valence electrons. The summed E-state index contributed by atoms with van der Waals surface area (Å²) < 4.78 is 5.40. The molecule has 0 saturated carbocycles. The lowest BCUT2D eigenvalue weighted by Gasteiger charge is -2.18. The van der Waals surface area contributed by atoms with E-state index in [0.717, 1.165) is 16.7 Å². The zero-order chi connectivity index (χ0) is 31.9. The number of amides is 3. The fourth-order valence-corrected chi connectivity index (χ4v) is 4.81. The monoisotopic (exact) mass is 614 g/mol. The highest BCUT2D eigenvalue weighted by molar-refractivity contribution is 6.01. The maximum absolute atomic E-state index is 13.1. The van der Waals surface area contributed by atoms with Crippen LogP contribution in [-0.2, 0) is 48.2 Å². The number of aromatic amines is 2. The van der Waals surface area contributed by atoms with Crippen LogP contribution in [0, 0.1) is 0 Å². The fourth-order valence-electron chi connectivity index (χ4n) is 4.81. The smallest absolute Gasteiger partial charge is 0.333 e. The van der Waals surface area contributed by atoms with Gasteiger partial charge in [0.1, 0.15) is 18.3 Å². The Morgan fingerprint density at radius 2 is 1.67 bits per heavy atom. The quantitative estimate of drug-likeness (QED) is 0.135. The van der Waals surface area contributed by atoms with Crippen molar-refractivity contribution in [2.75, 3.05) is 5.73 Å². The highest BCUT2D eigenvalue weighted by Crippen LogP contribution is 2.17. The van der Waals surface area contributed by atoms with E-state index in [9.17, 15) is 28.8 Å². The fraction of sp³-hybridized carbons (Fsp3) is 0.258. The zero-order valence-corrected chi connectivity index (χ0v) is 24.0. The number of imide groups is 1. The van der Waals surface area contributed by atoms with Gasteiger partial charge in [0.15, 0.2) is 0 Å². The molecule has 3 heterocycles. The molecule has 1 unspecified atom stereocenters. The van der Waals surface area contributed by atoms with Crippen molar-refractivity contribution in [3.8, 4) is 0 Å². The predicted molar refractivity (Wildman–Crippen MR) is 159 cm³/mol. The van der Waals surface area contributed by atoms with Crippen LogP contribution in [0.4, 0.5) is 5.95 Å². The number of carbonyl (C=O) groups excluding carboxylic acids is 5. The van der Waals surface area contributed by atoms with Crippen LogP contribution < -0.4 is 16.6 Å². The van der Waals surface area contributed by atoms with E-state index >= 15 is 0 Å². The first-order valence-corrected chi connectivity index (χ1v) is 14.2. The number of aryl methyl sites for hydroxylation is 2. The van der Waals surface area contributed by atoms with Crippen molar-refractivity contribution in [3.05, 3.63) is 93.4 Å². The van der Waals surface area contributed by atoms with E-state index in [2.05, 4.69) is 20.3 Å². The van der Waals surface area contributed by atoms with Crippen LogP contribution in [0.15, 0.2) is 65.6 Å². The van der Waals surface area contributed by atoms with E-state index in [1.54, 1.807) is 54.7 Å². The van der Waals surface area contributed by atoms with Gasteiger partial charge >= 0.3 is 11.9 Å². The molecule has 45 heavy (non-hydrogen) atoms. The molecule has 0 spiro atoms. The minimum absolute atomic E-state index is 0.0245. The molecule has 0 aliphatic carbocycles. The summed E-state index contributed by atoms with van der Waals surface area (Å²) in [6, 6.07) is 14.4. The summed E-state index contributed by atoms with van der Waals surface area (Å²) in [6.45, 7) is -0.0479. The van der Waals surface area contributed by atoms with Gasteiger partial charge in [0, 0.05) is 24.6 Å². The molecule has 14 heteroatoms. The summed E-state index contributed by atoms with van der Waals surface area (Å²) >= 11 is 0. The number of hydroxylamine groups is 2. The lowest BCUT2D eigenvalue weighted by atomic mass is 10.0. The molecule has 3 amide bonds. The SMILES string of the molecule is Nc1nc2[nH]cc(CCc3ccc(C(=O)NC(CCC(=O)ON4C(=O)CCC4=O)C(=O)OCc4ccccc4)cc3)c2c(=O)[nH]1. The number of fused-ring (bicyclic) bond motifs is 1. The Morgan fingerprint density at radius 1 is 0.956 bits per heavy atom. The molecule has 1 saturated heterocycles. The second kappa shape index (κ2) is 13.7. The molecule has 1 atom stereocenters. The summed E-state index contributed by atoms with van der Waals surface area (Å²) in [6.07, 6.45) is 2.13. The van der Waals surface area contributed by atoms with Gasteiger partial charge < -0.3 is 25.6 Å². The number of nitrogens with one attached hydrogen (secondary N) is 3. The van der Waals surface area contributed by atoms with Gasteiger partial charge in [-0.05, 0) is 48.1 Å². The molecule has 2 aromatic heterocycles. The normalized spacial score (nSPS) is 13.6. The van der Waals surface area contributed by atoms with Gasteiger partial charge in [0.05, 0.1) is 11.8 Å². The number of anilines is 1. The molecule has 0 bridgehead atoms. The third-order valence-corrected chi connectivity index (χ3v) is 7.19. The molecule has 5 rings (SSSR count). The third-order valence-electron chi connectivity index (χ3n) is 7.19. The molecule has 0 radical (unpaired) electrons. The summed E-state index contributed by atoms with van der Waals surface area (Å²) in [5, 5.41) is 3.48. The van der Waals surface area contributed by atoms with Crippen molar-refractivity contribution in [3.63, 3.8) is 0 Å². The van der Waals surface area contributed by atoms with E-state index in [0.29, 0.717) is 28.9 Å². The Bertz CT molecular complexity index is 1780. The summed E-state index contributed by atoms with van der Waals surface area (Å²) in [7, 11) is 0. The number of esters is 1. The van der Waals surface area contributed by atoms with Gasteiger partial charge in [-0.1, -0.05) is 42.5 Å². The zero-order valence-electron chi connectivity index (χ0n) is 24.0. The Balaban J connectivity index is 1.21. The van der Waals surface area contributed by atoms with Crippen LogP contribution in [0.1, 0.15) is 52.7 Å². The summed E-state index contributed by atoms with van der Waals surface area (Å²) in [5.74, 6) is -3.48. The van der Waals surface area contributed by atoms with Gasteiger partial charge in [0.2, 0.25) is 5.95 Å². The lowest BCUT2D eigenvalue weighted by molar-refractivity contribution is -0.197. The lowest BCUT2D eigenvalue weighted by Crippen LogP contribution is -2.42. The van der Waals surface area contributed by atoms with E-state index < -0.39 is 35.7 Å². The number of ether oxygens (including phenoxy) is 1. The summed E-state index contributed by atoms with van der Waals surface area (Å²) in [5.41, 5.74) is 8.34. The average Bonchev–Trinajstić information content (AvgIpc) is 3.59. The number of H-pyrrole nitrogens is 2. The van der Waals surface area contributed by atoms with Gasteiger partial charge in [0.25, 0.3) is 23.3 Å². The highest BCUT2D eigenvalue weighted by atomic mass is 16.7. The first-order valence-electron chi connectivity index (χ1n) is 14.2. The van der Waals surface area contributed by atoms with E-state index in [-0.39, 0.29) is 49.4 Å². The molecule has 5 N–H and O–H groups in total. The van der Waals surface area contributed by atoms with Crippen molar-refractivity contribution < 1.29 is 33.5 Å². The number of hydrogen-bond donors (Lipinski definition) is 4. The maximum Gasteiger partial charge on any atom is 0.333 e. The largest absolute Gasteiger partial charge is 0.459 e. The number of hydrogen-bond acceptors (Lipinski definition) is 10. The minimum Gasteiger partial charge on any atom is -0.459 e. The average molecular weight is 615 g/mol. The Labute approximate surface area is 255 Å². The van der Waals surface area contributed by atoms with Crippen molar-refractivity contribution in [1.29, 1.82) is 0 Å². The topological polar surface area (TPSA) is 207 Å². The number of benzene rings is 2. The first kappa shape index (κ1) is 30.7. The van der Waals surface area contributed by atoms with Crippen molar-refractivity contribution >= 4 is 46.6 Å². The second-order valence-electron chi connectivity index (χ2n) is 10.4. The van der Waals surface area contributed by atoms with Crippen LogP contribution in [0.25, 0.3) is 11.0 Å². The minimum atomic E-state index is -1.22. The van der Waals surface area contributed by atoms with E-state index in [1.165, 1.54) is 0 Å². The molecular formula is C31H30N6O8. The molecule has 2 aromatic carbocycles. The molecule has 4 aromatic rings. The first-order chi connectivity index (χ1) is 21.7. The number of aromatic nitrogens is 3. The number of nitrogens with two attached hydrogens (primary N) is 1. The molecule has 1 fully saturated rings. The Kier molecular flexibility index (Phi) is 9.31. The molecule has 14 nitrogen and oxygen atoms in total. The van der Waals surface area contributed by atoms with Gasteiger partial charge in [-0.3, -0.25) is 24.2 Å². The maximum atomic E-state index is 13.1. The Morgan fingerprint density at radius 3 is 2.38 bits per heavy atom. The van der Waals surface area contributed by atoms with Crippen LogP contribution >= 0.6 is 0 Å². The van der Waals surface area contributed by atoms with Gasteiger partial charge in [-0.15, -0.1) is 5.06 Å². The summed E-state index contributed by atoms with van der Waals surface area (Å²) in [4.78, 5) is 88.8. The van der Waals surface area contributed by atoms with E-state index in [1.807, 2.05) is 6.07 Å². The number of nitrogen functional groups attached to an aromatic ring is 1. The predicted octanol–water partition coefficient (Wildman–Crippen LogP) is 1.85. The standard InChI is InChI=1S/C31H30N6O8/c32-31-35-27-26(29(42)36-31)21(16-33-27)11-8-18-6-9-20(10-7-18)28(41)34-22(30(43)44-17-19-4-2-1-3-5-19)12-15-25(40)45-37-23(38)13-14-24(37)39/h1-7,9-10,16,22H,8,11-15,17H2,(H,34,41)(H4,32,33,35,36,42). The van der Waals surface area contributed by atoms with E-state index in [4.69, 9.17) is 15.3 Å².